The fourth-order valence-corrected chi connectivity index (χ4v) is 2.22. The summed E-state index contributed by atoms with van der Waals surface area (Å²) in [5.41, 5.74) is 1.32. The number of hydrogen-bond acceptors (Lipinski definition) is 4. The van der Waals surface area contributed by atoms with E-state index in [1.165, 1.54) is 0 Å². The maximum atomic E-state index is 11.8. The molecule has 0 bridgehead atoms. The van der Waals surface area contributed by atoms with E-state index in [0.29, 0.717) is 29.6 Å². The smallest absolute Gasteiger partial charge is 0.319 e. The summed E-state index contributed by atoms with van der Waals surface area (Å²) in [4.78, 5) is 20.1. The van der Waals surface area contributed by atoms with Gasteiger partial charge >= 0.3 is 6.03 Å². The third-order valence-electron chi connectivity index (χ3n) is 3.09. The lowest BCUT2D eigenvalue weighted by Gasteiger charge is -2.09. The summed E-state index contributed by atoms with van der Waals surface area (Å²) in [5, 5.41) is 10.2. The average molecular weight is 323 g/mol. The van der Waals surface area contributed by atoms with Gasteiger partial charge in [-0.05, 0) is 39.3 Å². The zero-order chi connectivity index (χ0) is 16.1. The van der Waals surface area contributed by atoms with E-state index >= 15 is 0 Å². The molecule has 0 saturated carbocycles. The lowest BCUT2D eigenvalue weighted by molar-refractivity contribution is 0.251. The van der Waals surface area contributed by atoms with Gasteiger partial charge in [0.15, 0.2) is 0 Å². The predicted molar refractivity (Wildman–Crippen MR) is 85.1 cm³/mol. The van der Waals surface area contributed by atoms with Gasteiger partial charge in [-0.15, -0.1) is 0 Å². The second-order valence-corrected chi connectivity index (χ2v) is 5.32. The molecule has 2 rings (SSSR count). The van der Waals surface area contributed by atoms with Crippen molar-refractivity contribution in [1.82, 2.24) is 25.1 Å². The molecule has 0 atom stereocenters. The Morgan fingerprint density at radius 1 is 1.27 bits per heavy atom. The predicted octanol–water partition coefficient (Wildman–Crippen LogP) is 2.46. The number of aromatic nitrogens is 4. The molecule has 2 aromatic heterocycles. The Hall–Kier alpha value is -2.15. The maximum Gasteiger partial charge on any atom is 0.319 e. The van der Waals surface area contributed by atoms with Crippen LogP contribution in [0.4, 0.5) is 10.5 Å². The van der Waals surface area contributed by atoms with Crippen LogP contribution in [-0.4, -0.2) is 32.3 Å². The number of carbonyl (C=O) groups excluding carboxylic acids is 1. The van der Waals surface area contributed by atoms with E-state index in [1.54, 1.807) is 19.1 Å². The monoisotopic (exact) mass is 322 g/mol. The number of urea groups is 1. The number of rotatable bonds is 5. The molecule has 2 heterocycles. The van der Waals surface area contributed by atoms with E-state index in [0.717, 1.165) is 18.1 Å². The van der Waals surface area contributed by atoms with Crippen molar-refractivity contribution < 1.29 is 4.79 Å². The number of halogens is 1. The molecule has 0 aliphatic carbocycles. The molecule has 0 aromatic carbocycles. The van der Waals surface area contributed by atoms with Crippen LogP contribution < -0.4 is 10.6 Å². The molecule has 0 saturated heterocycles. The normalized spacial score (nSPS) is 10.5. The molecule has 2 amide bonds. The molecule has 0 unspecified atom stereocenters. The third kappa shape index (κ3) is 4.42. The van der Waals surface area contributed by atoms with Gasteiger partial charge in [0.05, 0.1) is 11.4 Å². The number of aryl methyl sites for hydroxylation is 4. The molecule has 7 nitrogen and oxygen atoms in total. The first kappa shape index (κ1) is 16.2. The quantitative estimate of drug-likeness (QED) is 0.654. The van der Waals surface area contributed by atoms with Crippen molar-refractivity contribution in [3.05, 3.63) is 34.6 Å². The molecule has 0 fully saturated rings. The Morgan fingerprint density at radius 2 is 2.05 bits per heavy atom. The van der Waals surface area contributed by atoms with Crippen LogP contribution in [0.25, 0.3) is 0 Å². The number of anilines is 1. The number of nitrogens with one attached hydrogen (secondary N) is 2. The minimum Gasteiger partial charge on any atom is -0.338 e. The topological polar surface area (TPSA) is 84.7 Å². The highest BCUT2D eigenvalue weighted by Crippen LogP contribution is 2.15. The van der Waals surface area contributed by atoms with Crippen LogP contribution in [0.15, 0.2) is 12.1 Å². The van der Waals surface area contributed by atoms with Crippen LogP contribution >= 0.6 is 11.6 Å². The van der Waals surface area contributed by atoms with Gasteiger partial charge in [-0.3, -0.25) is 4.68 Å². The number of amides is 2. The van der Waals surface area contributed by atoms with Crippen molar-refractivity contribution in [2.45, 2.75) is 33.7 Å². The van der Waals surface area contributed by atoms with Crippen LogP contribution in [0, 0.1) is 20.8 Å². The van der Waals surface area contributed by atoms with Gasteiger partial charge in [-0.25, -0.2) is 14.8 Å². The van der Waals surface area contributed by atoms with Gasteiger partial charge < -0.3 is 10.6 Å². The number of nitrogens with zero attached hydrogens (tertiary/aromatic N) is 4. The zero-order valence-electron chi connectivity index (χ0n) is 12.9. The minimum atomic E-state index is -0.265. The van der Waals surface area contributed by atoms with Crippen molar-refractivity contribution in [3.8, 4) is 0 Å². The van der Waals surface area contributed by atoms with Crippen molar-refractivity contribution in [2.75, 3.05) is 11.9 Å². The fourth-order valence-electron chi connectivity index (χ4n) is 2.03. The molecule has 0 spiro atoms. The molecule has 0 aliphatic heterocycles. The SMILES string of the molecule is Cc1nc(C)n(CCCNC(=O)Nc2ccc(Cl)nc2C)n1. The van der Waals surface area contributed by atoms with Gasteiger partial charge in [0.2, 0.25) is 0 Å². The molecule has 22 heavy (non-hydrogen) atoms. The van der Waals surface area contributed by atoms with E-state index in [2.05, 4.69) is 25.7 Å². The van der Waals surface area contributed by atoms with Crippen LogP contribution in [0.5, 0.6) is 0 Å². The summed E-state index contributed by atoms with van der Waals surface area (Å²) in [6, 6.07) is 3.10. The van der Waals surface area contributed by atoms with E-state index < -0.39 is 0 Å². The Kier molecular flexibility index (Phi) is 5.32. The summed E-state index contributed by atoms with van der Waals surface area (Å²) in [6.07, 6.45) is 0.773. The molecule has 2 N–H and O–H groups in total. The van der Waals surface area contributed by atoms with E-state index in [-0.39, 0.29) is 6.03 Å². The summed E-state index contributed by atoms with van der Waals surface area (Å²) in [7, 11) is 0. The van der Waals surface area contributed by atoms with Crippen molar-refractivity contribution in [1.29, 1.82) is 0 Å². The first-order valence-corrected chi connectivity index (χ1v) is 7.39. The van der Waals surface area contributed by atoms with Gasteiger partial charge in [0, 0.05) is 13.1 Å². The molecule has 118 valence electrons. The first-order valence-electron chi connectivity index (χ1n) is 7.02. The fraction of sp³-hybridized carbons (Fsp3) is 0.429. The van der Waals surface area contributed by atoms with Gasteiger partial charge in [-0.2, -0.15) is 5.10 Å². The average Bonchev–Trinajstić information content (AvgIpc) is 2.76. The number of pyridine rings is 1. The standard InChI is InChI=1S/C14H19ClN6O/c1-9-12(5-6-13(15)17-9)19-14(22)16-7-4-8-21-11(3)18-10(2)20-21/h5-6H,4,7-8H2,1-3H3,(H2,16,19,22). The highest BCUT2D eigenvalue weighted by atomic mass is 35.5. The molecule has 0 radical (unpaired) electrons. The van der Waals surface area contributed by atoms with Crippen LogP contribution in [-0.2, 0) is 6.54 Å². The minimum absolute atomic E-state index is 0.265. The van der Waals surface area contributed by atoms with Gasteiger partial charge in [0.25, 0.3) is 0 Å². The first-order chi connectivity index (χ1) is 10.5. The molecular formula is C14H19ClN6O. The van der Waals surface area contributed by atoms with E-state index in [4.69, 9.17) is 11.6 Å². The number of carbonyl (C=O) groups is 1. The van der Waals surface area contributed by atoms with E-state index in [9.17, 15) is 4.79 Å². The summed E-state index contributed by atoms with van der Waals surface area (Å²) in [6.45, 7) is 6.82. The summed E-state index contributed by atoms with van der Waals surface area (Å²) >= 11 is 5.78. The highest BCUT2D eigenvalue weighted by molar-refractivity contribution is 6.29. The lowest BCUT2D eigenvalue weighted by Crippen LogP contribution is -2.30. The zero-order valence-corrected chi connectivity index (χ0v) is 13.6. The highest BCUT2D eigenvalue weighted by Gasteiger charge is 2.06. The second-order valence-electron chi connectivity index (χ2n) is 4.93. The van der Waals surface area contributed by atoms with Crippen molar-refractivity contribution in [2.24, 2.45) is 0 Å². The third-order valence-corrected chi connectivity index (χ3v) is 3.31. The lowest BCUT2D eigenvalue weighted by atomic mass is 10.3. The van der Waals surface area contributed by atoms with Crippen molar-refractivity contribution in [3.63, 3.8) is 0 Å². The van der Waals surface area contributed by atoms with Gasteiger partial charge in [-0.1, -0.05) is 11.6 Å². The largest absolute Gasteiger partial charge is 0.338 e. The van der Waals surface area contributed by atoms with E-state index in [1.807, 2.05) is 18.5 Å². The molecular weight excluding hydrogens is 304 g/mol. The summed E-state index contributed by atoms with van der Waals surface area (Å²) in [5.74, 6) is 1.64. The summed E-state index contributed by atoms with van der Waals surface area (Å²) < 4.78 is 1.84. The molecule has 2 aromatic rings. The Morgan fingerprint density at radius 3 is 2.68 bits per heavy atom. The molecule has 8 heteroatoms. The van der Waals surface area contributed by atoms with Crippen LogP contribution in [0.2, 0.25) is 5.15 Å². The van der Waals surface area contributed by atoms with Crippen LogP contribution in [0.3, 0.4) is 0 Å². The Balaban J connectivity index is 1.75. The van der Waals surface area contributed by atoms with Crippen LogP contribution in [0.1, 0.15) is 23.8 Å². The Labute approximate surface area is 134 Å². The number of hydrogen-bond donors (Lipinski definition) is 2. The maximum absolute atomic E-state index is 11.8. The van der Waals surface area contributed by atoms with Gasteiger partial charge in [0.1, 0.15) is 16.8 Å². The second kappa shape index (κ2) is 7.22. The molecule has 0 aliphatic rings. The van der Waals surface area contributed by atoms with Crippen molar-refractivity contribution >= 4 is 23.3 Å². The Bertz CT molecular complexity index is 669.